The maximum atomic E-state index is 13.4. The van der Waals surface area contributed by atoms with Crippen LogP contribution in [-0.4, -0.2) is 46.0 Å². The summed E-state index contributed by atoms with van der Waals surface area (Å²) in [4.78, 5) is 28.2. The Balaban J connectivity index is 1.43. The lowest BCUT2D eigenvalue weighted by Crippen LogP contribution is -2.63. The average molecular weight is 491 g/mol. The smallest absolute Gasteiger partial charge is 0.251 e. The van der Waals surface area contributed by atoms with Crippen molar-refractivity contribution >= 4 is 17.8 Å². The summed E-state index contributed by atoms with van der Waals surface area (Å²) in [5.74, 6) is 0.253. The maximum Gasteiger partial charge on any atom is 0.251 e. The van der Waals surface area contributed by atoms with Crippen LogP contribution in [0.3, 0.4) is 0 Å². The summed E-state index contributed by atoms with van der Waals surface area (Å²) in [5.41, 5.74) is 2.71. The van der Waals surface area contributed by atoms with Crippen LogP contribution in [0.1, 0.15) is 79.2 Å². The Morgan fingerprint density at radius 2 is 1.97 bits per heavy atom. The number of nitrogens with zero attached hydrogens (tertiary/aromatic N) is 1. The van der Waals surface area contributed by atoms with Crippen LogP contribution < -0.4 is 15.4 Å². The second-order valence-electron chi connectivity index (χ2n) is 10.3. The largest absolute Gasteiger partial charge is 0.493 e. The van der Waals surface area contributed by atoms with E-state index in [1.165, 1.54) is 4.90 Å². The number of ether oxygens (including phenoxy) is 1. The fourth-order valence-electron chi connectivity index (χ4n) is 5.86. The van der Waals surface area contributed by atoms with E-state index >= 15 is 0 Å². The number of hydrogen-bond donors (Lipinski definition) is 4. The molecule has 8 nitrogen and oxygen atoms in total. The third kappa shape index (κ3) is 4.03. The number of aliphatic hydroxyl groups is 1. The summed E-state index contributed by atoms with van der Waals surface area (Å²) >= 11 is 0. The van der Waals surface area contributed by atoms with Crippen LogP contribution in [0.25, 0.3) is 0 Å². The molecule has 2 amide bonds. The summed E-state index contributed by atoms with van der Waals surface area (Å²) in [6.45, 7) is 6.47. The minimum absolute atomic E-state index is 0.0683. The fourth-order valence-corrected chi connectivity index (χ4v) is 5.86. The molecule has 0 spiro atoms. The van der Waals surface area contributed by atoms with E-state index in [0.717, 1.165) is 24.0 Å². The van der Waals surface area contributed by atoms with Crippen LogP contribution in [0.5, 0.6) is 5.75 Å². The zero-order valence-corrected chi connectivity index (χ0v) is 21.0. The van der Waals surface area contributed by atoms with E-state index in [-0.39, 0.29) is 23.7 Å². The van der Waals surface area contributed by atoms with Gasteiger partial charge in [0.25, 0.3) is 5.91 Å². The van der Waals surface area contributed by atoms with Crippen LogP contribution in [0, 0.1) is 11.3 Å². The van der Waals surface area contributed by atoms with Crippen molar-refractivity contribution in [2.75, 3.05) is 6.61 Å². The lowest BCUT2D eigenvalue weighted by Gasteiger charge is -2.47. The monoisotopic (exact) mass is 490 g/mol. The molecule has 4 atom stereocenters. The Labute approximate surface area is 211 Å². The van der Waals surface area contributed by atoms with Crippen LogP contribution in [-0.2, 0) is 11.2 Å². The number of guanidine groups is 1. The Morgan fingerprint density at radius 3 is 2.69 bits per heavy atom. The fraction of sp³-hybridized carbons (Fsp3) is 0.464. The lowest BCUT2D eigenvalue weighted by atomic mass is 9.84. The maximum absolute atomic E-state index is 13.4. The molecule has 0 radical (unpaired) electrons. The molecule has 1 aliphatic carbocycles. The molecule has 4 N–H and O–H groups in total. The number of nitrogens with one attached hydrogen (secondary N) is 3. The summed E-state index contributed by atoms with van der Waals surface area (Å²) < 4.78 is 5.94. The number of fused-ring (bicyclic) bond motifs is 2. The van der Waals surface area contributed by atoms with E-state index in [0.29, 0.717) is 36.3 Å². The molecule has 3 aliphatic rings. The molecule has 1 saturated heterocycles. The van der Waals surface area contributed by atoms with Gasteiger partial charge in [0, 0.05) is 29.0 Å². The number of carbonyl (C=O) groups excluding carboxylic acids is 2. The molecule has 0 unspecified atom stereocenters. The summed E-state index contributed by atoms with van der Waals surface area (Å²) in [5, 5.41) is 25.6. The van der Waals surface area contributed by atoms with Gasteiger partial charge in [-0.1, -0.05) is 45.0 Å². The number of hydrogen-bond acceptors (Lipinski definition) is 5. The van der Waals surface area contributed by atoms with Crippen molar-refractivity contribution in [1.29, 1.82) is 5.41 Å². The predicted octanol–water partition coefficient (Wildman–Crippen LogP) is 3.46. The van der Waals surface area contributed by atoms with E-state index < -0.39 is 23.7 Å². The van der Waals surface area contributed by atoms with Crippen molar-refractivity contribution in [2.45, 2.75) is 70.2 Å². The van der Waals surface area contributed by atoms with Gasteiger partial charge in [-0.3, -0.25) is 19.9 Å². The van der Waals surface area contributed by atoms with Gasteiger partial charge in [0.05, 0.1) is 31.2 Å². The Morgan fingerprint density at radius 1 is 1.22 bits per heavy atom. The molecule has 0 aromatic heterocycles. The van der Waals surface area contributed by atoms with E-state index in [1.54, 1.807) is 18.2 Å². The zero-order valence-electron chi connectivity index (χ0n) is 21.0. The van der Waals surface area contributed by atoms with E-state index in [9.17, 15) is 14.7 Å². The van der Waals surface area contributed by atoms with Gasteiger partial charge in [-0.2, -0.15) is 0 Å². The molecule has 5 rings (SSSR count). The number of carbonyl (C=O) groups is 2. The van der Waals surface area contributed by atoms with Gasteiger partial charge in [-0.15, -0.1) is 0 Å². The molecule has 2 aliphatic heterocycles. The normalized spacial score (nSPS) is 26.5. The summed E-state index contributed by atoms with van der Waals surface area (Å²) in [7, 11) is 0. The molecular weight excluding hydrogens is 456 g/mol. The van der Waals surface area contributed by atoms with Gasteiger partial charge in [0.2, 0.25) is 5.91 Å². The van der Waals surface area contributed by atoms with Gasteiger partial charge < -0.3 is 20.5 Å². The third-order valence-corrected chi connectivity index (χ3v) is 8.14. The molecule has 8 heteroatoms. The molecule has 2 aromatic carbocycles. The highest BCUT2D eigenvalue weighted by molar-refractivity contribution is 6.00. The molecule has 2 aromatic rings. The highest BCUT2D eigenvalue weighted by Crippen LogP contribution is 2.42. The summed E-state index contributed by atoms with van der Waals surface area (Å²) in [6.07, 6.45) is 1.65. The molecule has 36 heavy (non-hydrogen) atoms. The molecule has 0 saturated carbocycles. The van der Waals surface area contributed by atoms with Crippen molar-refractivity contribution in [3.05, 3.63) is 64.7 Å². The van der Waals surface area contributed by atoms with Gasteiger partial charge >= 0.3 is 0 Å². The van der Waals surface area contributed by atoms with Crippen LogP contribution in [0.2, 0.25) is 0 Å². The quantitative estimate of drug-likeness (QED) is 0.513. The van der Waals surface area contributed by atoms with E-state index in [4.69, 9.17) is 10.1 Å². The summed E-state index contributed by atoms with van der Waals surface area (Å²) in [6, 6.07) is 12.1. The topological polar surface area (TPSA) is 115 Å². The van der Waals surface area contributed by atoms with Gasteiger partial charge in [-0.05, 0) is 42.2 Å². The number of amides is 2. The van der Waals surface area contributed by atoms with Gasteiger partial charge in [-0.25, -0.2) is 0 Å². The SMILES string of the molecule is CCC1(CC)CC(=O)N([C@H]2c3cc(C(=O)N[C@@H]4c5ccccc5C[C@H]4O)ccc3OC[C@H]2C)C(=N)N1. The van der Waals surface area contributed by atoms with Crippen LogP contribution in [0.15, 0.2) is 42.5 Å². The Hall–Kier alpha value is -3.39. The van der Waals surface area contributed by atoms with Crippen LogP contribution in [0.4, 0.5) is 0 Å². The van der Waals surface area contributed by atoms with E-state index in [2.05, 4.69) is 10.6 Å². The number of rotatable bonds is 5. The van der Waals surface area contributed by atoms with Crippen LogP contribution >= 0.6 is 0 Å². The second-order valence-corrected chi connectivity index (χ2v) is 10.3. The Bertz CT molecular complexity index is 1190. The van der Waals surface area contributed by atoms with Crippen molar-refractivity contribution < 1.29 is 19.4 Å². The standard InChI is InChI=1S/C28H34N4O4/c1-4-28(5-2)14-23(34)32(27(29)31-28)25-16(3)15-36-22-11-10-18(12-20(22)25)26(35)30-24-19-9-7-6-8-17(19)13-21(24)33/h6-12,16,21,24-25,33H,4-5,13-15H2,1-3H3,(H2,29,31)(H,30,35)/t16-,21-,24-,25-/m1/s1. The number of aliphatic hydroxyl groups excluding tert-OH is 1. The number of benzene rings is 2. The predicted molar refractivity (Wildman–Crippen MR) is 136 cm³/mol. The van der Waals surface area contributed by atoms with Gasteiger partial charge in [0.15, 0.2) is 5.96 Å². The minimum atomic E-state index is -0.685. The first-order valence-electron chi connectivity index (χ1n) is 12.8. The zero-order chi connectivity index (χ0) is 25.6. The first kappa shape index (κ1) is 24.3. The van der Waals surface area contributed by atoms with Crippen molar-refractivity contribution in [2.24, 2.45) is 5.92 Å². The average Bonchev–Trinajstić information content (AvgIpc) is 3.19. The Kier molecular flexibility index (Phi) is 6.24. The second kappa shape index (κ2) is 9.24. The molecule has 1 fully saturated rings. The lowest BCUT2D eigenvalue weighted by molar-refractivity contribution is -0.134. The third-order valence-electron chi connectivity index (χ3n) is 8.14. The van der Waals surface area contributed by atoms with Gasteiger partial charge in [0.1, 0.15) is 5.75 Å². The van der Waals surface area contributed by atoms with Crippen molar-refractivity contribution in [3.63, 3.8) is 0 Å². The molecule has 2 heterocycles. The minimum Gasteiger partial charge on any atom is -0.493 e. The highest BCUT2D eigenvalue weighted by Gasteiger charge is 2.45. The van der Waals surface area contributed by atoms with E-state index in [1.807, 2.05) is 45.0 Å². The van der Waals surface area contributed by atoms with Crippen molar-refractivity contribution in [1.82, 2.24) is 15.5 Å². The first-order chi connectivity index (χ1) is 17.3. The molecule has 0 bridgehead atoms. The first-order valence-corrected chi connectivity index (χ1v) is 12.8. The van der Waals surface area contributed by atoms with Crippen molar-refractivity contribution in [3.8, 4) is 5.75 Å². The highest BCUT2D eigenvalue weighted by atomic mass is 16.5. The molecule has 190 valence electrons. The molecular formula is C28H34N4O4.